The highest BCUT2D eigenvalue weighted by atomic mass is 32.2. The molecule has 1 aromatic rings. The number of methoxy groups -OCH3 is 1. The lowest BCUT2D eigenvalue weighted by molar-refractivity contribution is 0.195. The van der Waals surface area contributed by atoms with Gasteiger partial charge in [0.1, 0.15) is 10.7 Å². The number of hydrogen-bond donors (Lipinski definition) is 1. The van der Waals surface area contributed by atoms with Crippen molar-refractivity contribution in [1.82, 2.24) is 14.5 Å². The fourth-order valence-electron chi connectivity index (χ4n) is 2.45. The van der Waals surface area contributed by atoms with Crippen molar-refractivity contribution in [2.75, 3.05) is 46.4 Å². The summed E-state index contributed by atoms with van der Waals surface area (Å²) < 4.78 is 45.1. The van der Waals surface area contributed by atoms with E-state index >= 15 is 0 Å². The van der Waals surface area contributed by atoms with Gasteiger partial charge in [0.2, 0.25) is 10.0 Å². The summed E-state index contributed by atoms with van der Waals surface area (Å²) in [6, 6.07) is 5.44. The van der Waals surface area contributed by atoms with Crippen LogP contribution in [0.4, 0.5) is 4.39 Å². The normalized spacial score (nSPS) is 16.2. The lowest BCUT2D eigenvalue weighted by Crippen LogP contribution is -2.53. The molecule has 1 aliphatic rings. The molecule has 0 aromatic heterocycles. The maximum Gasteiger partial charge on any atom is 0.246 e. The van der Waals surface area contributed by atoms with Crippen LogP contribution in [0.25, 0.3) is 0 Å². The number of benzene rings is 1. The largest absolute Gasteiger partial charge is 0.385 e. The predicted molar refractivity (Wildman–Crippen MR) is 93.8 cm³/mol. The Bertz CT molecular complexity index is 662. The Labute approximate surface area is 147 Å². The highest BCUT2D eigenvalue weighted by Crippen LogP contribution is 2.20. The van der Waals surface area contributed by atoms with E-state index in [2.05, 4.69) is 5.32 Å². The second-order valence-corrected chi connectivity index (χ2v) is 7.69. The van der Waals surface area contributed by atoms with Gasteiger partial charge in [0, 0.05) is 46.4 Å². The summed E-state index contributed by atoms with van der Waals surface area (Å²) in [4.78, 5) is 1.65. The Morgan fingerprint density at radius 2 is 1.96 bits per heavy atom. The molecule has 1 saturated heterocycles. The molecule has 1 heterocycles. The van der Waals surface area contributed by atoms with Crippen molar-refractivity contribution in [3.8, 4) is 0 Å². The van der Waals surface area contributed by atoms with Gasteiger partial charge in [-0.1, -0.05) is 12.1 Å². The van der Waals surface area contributed by atoms with Gasteiger partial charge in [-0.3, -0.25) is 0 Å². The van der Waals surface area contributed by atoms with Crippen molar-refractivity contribution in [1.29, 1.82) is 0 Å². The molecule has 0 radical (unpaired) electrons. The van der Waals surface area contributed by atoms with Crippen LogP contribution in [0.15, 0.2) is 29.2 Å². The van der Waals surface area contributed by atoms with Gasteiger partial charge in [-0.05, 0) is 30.8 Å². The third kappa shape index (κ3) is 4.62. The average molecular weight is 375 g/mol. The third-order valence-electron chi connectivity index (χ3n) is 3.78. The Morgan fingerprint density at radius 1 is 1.29 bits per heavy atom. The predicted octanol–water partition coefficient (Wildman–Crippen LogP) is 1.04. The van der Waals surface area contributed by atoms with Gasteiger partial charge in [0.15, 0.2) is 5.11 Å². The summed E-state index contributed by atoms with van der Waals surface area (Å²) in [6.07, 6.45) is 0.846. The molecule has 134 valence electrons. The van der Waals surface area contributed by atoms with E-state index in [-0.39, 0.29) is 18.0 Å². The van der Waals surface area contributed by atoms with Crippen LogP contribution >= 0.6 is 12.2 Å². The highest BCUT2D eigenvalue weighted by Gasteiger charge is 2.30. The quantitative estimate of drug-likeness (QED) is 0.592. The average Bonchev–Trinajstić information content (AvgIpc) is 2.59. The molecule has 2 rings (SSSR count). The van der Waals surface area contributed by atoms with Gasteiger partial charge < -0.3 is 15.0 Å². The molecular weight excluding hydrogens is 353 g/mol. The second-order valence-electron chi connectivity index (χ2n) is 5.40. The van der Waals surface area contributed by atoms with Crippen molar-refractivity contribution >= 4 is 27.4 Å². The molecule has 6 nitrogen and oxygen atoms in total. The number of ether oxygens (including phenoxy) is 1. The maximum absolute atomic E-state index is 13.8. The van der Waals surface area contributed by atoms with Crippen LogP contribution in [0.1, 0.15) is 6.42 Å². The minimum absolute atomic E-state index is 0.274. The zero-order valence-corrected chi connectivity index (χ0v) is 15.2. The smallest absolute Gasteiger partial charge is 0.246 e. The maximum atomic E-state index is 13.8. The van der Waals surface area contributed by atoms with Crippen LogP contribution in [0.3, 0.4) is 0 Å². The van der Waals surface area contributed by atoms with Crippen molar-refractivity contribution < 1.29 is 17.5 Å². The Kier molecular flexibility index (Phi) is 6.90. The first-order chi connectivity index (χ1) is 11.5. The molecule has 1 fully saturated rings. The molecule has 0 spiro atoms. The van der Waals surface area contributed by atoms with E-state index in [1.54, 1.807) is 7.11 Å². The van der Waals surface area contributed by atoms with Gasteiger partial charge in [-0.15, -0.1) is 0 Å². The van der Waals surface area contributed by atoms with Crippen LogP contribution in [0, 0.1) is 5.82 Å². The molecule has 0 bridgehead atoms. The Balaban J connectivity index is 1.90. The molecule has 0 saturated carbocycles. The number of nitrogens with one attached hydrogen (secondary N) is 1. The zero-order chi connectivity index (χ0) is 17.6. The van der Waals surface area contributed by atoms with Gasteiger partial charge in [-0.2, -0.15) is 4.31 Å². The number of nitrogens with zero attached hydrogens (tertiary/aromatic N) is 2. The van der Waals surface area contributed by atoms with E-state index < -0.39 is 15.8 Å². The number of piperazine rings is 1. The SMILES string of the molecule is COCCCNC(=S)N1CCN(S(=O)(=O)c2ccccc2F)CC1. The van der Waals surface area contributed by atoms with Crippen molar-refractivity contribution in [2.24, 2.45) is 0 Å². The van der Waals surface area contributed by atoms with E-state index in [0.717, 1.165) is 12.5 Å². The van der Waals surface area contributed by atoms with E-state index in [1.165, 1.54) is 22.5 Å². The molecule has 0 amide bonds. The molecule has 1 N–H and O–H groups in total. The molecule has 0 atom stereocenters. The van der Waals surface area contributed by atoms with E-state index in [4.69, 9.17) is 17.0 Å². The van der Waals surface area contributed by atoms with Crippen molar-refractivity contribution in [2.45, 2.75) is 11.3 Å². The third-order valence-corrected chi connectivity index (χ3v) is 6.12. The summed E-state index contributed by atoms with van der Waals surface area (Å²) in [5.41, 5.74) is 0. The highest BCUT2D eigenvalue weighted by molar-refractivity contribution is 7.89. The first kappa shape index (κ1) is 19.0. The number of hydrogen-bond acceptors (Lipinski definition) is 4. The Morgan fingerprint density at radius 3 is 2.58 bits per heavy atom. The monoisotopic (exact) mass is 375 g/mol. The van der Waals surface area contributed by atoms with Gasteiger partial charge in [0.25, 0.3) is 0 Å². The zero-order valence-electron chi connectivity index (χ0n) is 13.6. The van der Waals surface area contributed by atoms with Gasteiger partial charge >= 0.3 is 0 Å². The number of halogens is 1. The molecule has 1 aliphatic heterocycles. The van der Waals surface area contributed by atoms with Crippen LogP contribution in [0.2, 0.25) is 0 Å². The van der Waals surface area contributed by atoms with Gasteiger partial charge in [0.05, 0.1) is 0 Å². The molecule has 24 heavy (non-hydrogen) atoms. The lowest BCUT2D eigenvalue weighted by Gasteiger charge is -2.35. The summed E-state index contributed by atoms with van der Waals surface area (Å²) in [6.45, 7) is 2.87. The number of thiocarbonyl (C=S) groups is 1. The van der Waals surface area contributed by atoms with Crippen LogP contribution < -0.4 is 5.32 Å². The standard InChI is InChI=1S/C15H22FN3O3S2/c1-22-12-4-7-17-15(23)18-8-10-19(11-9-18)24(20,21)14-6-3-2-5-13(14)16/h2-3,5-6H,4,7-12H2,1H3,(H,17,23). The molecular formula is C15H22FN3O3S2. The summed E-state index contributed by atoms with van der Waals surface area (Å²) in [5, 5.41) is 3.74. The van der Waals surface area contributed by atoms with Crippen LogP contribution in [0.5, 0.6) is 0 Å². The van der Waals surface area contributed by atoms with Crippen molar-refractivity contribution in [3.63, 3.8) is 0 Å². The molecule has 0 unspecified atom stereocenters. The topological polar surface area (TPSA) is 61.9 Å². The molecule has 0 aliphatic carbocycles. The number of sulfonamides is 1. The lowest BCUT2D eigenvalue weighted by atomic mass is 10.3. The Hall–Kier alpha value is -1.29. The molecule has 1 aromatic carbocycles. The summed E-state index contributed by atoms with van der Waals surface area (Å²) >= 11 is 5.32. The van der Waals surface area contributed by atoms with Crippen molar-refractivity contribution in [3.05, 3.63) is 30.1 Å². The van der Waals surface area contributed by atoms with E-state index in [9.17, 15) is 12.8 Å². The fourth-order valence-corrected chi connectivity index (χ4v) is 4.22. The van der Waals surface area contributed by atoms with Gasteiger partial charge in [-0.25, -0.2) is 12.8 Å². The van der Waals surface area contributed by atoms with Crippen LogP contribution in [-0.4, -0.2) is 69.2 Å². The minimum atomic E-state index is -3.81. The second kappa shape index (κ2) is 8.70. The molecule has 9 heteroatoms. The van der Waals surface area contributed by atoms with E-state index in [1.807, 2.05) is 4.90 Å². The number of rotatable bonds is 6. The summed E-state index contributed by atoms with van der Waals surface area (Å²) in [7, 11) is -2.17. The van der Waals surface area contributed by atoms with Crippen LogP contribution in [-0.2, 0) is 14.8 Å². The first-order valence-corrected chi connectivity index (χ1v) is 9.58. The fraction of sp³-hybridized carbons (Fsp3) is 0.533. The minimum Gasteiger partial charge on any atom is -0.385 e. The first-order valence-electron chi connectivity index (χ1n) is 7.73. The summed E-state index contributed by atoms with van der Waals surface area (Å²) in [5.74, 6) is -0.727. The van der Waals surface area contributed by atoms with E-state index in [0.29, 0.717) is 31.4 Å².